The number of fused-ring (bicyclic) bond motifs is 1. The van der Waals surface area contributed by atoms with Crippen LogP contribution in [0.4, 0.5) is 0 Å². The highest BCUT2D eigenvalue weighted by atomic mass is 16.2. The number of nitrogens with one attached hydrogen (secondary N) is 2. The first-order valence-electron chi connectivity index (χ1n) is 12.2. The van der Waals surface area contributed by atoms with Gasteiger partial charge in [-0.05, 0) is 73.8 Å². The number of benzene rings is 2. The smallest absolute Gasteiger partial charge is 0.251 e. The van der Waals surface area contributed by atoms with E-state index in [1.165, 1.54) is 29.5 Å². The number of hydrogen-bond donors (Lipinski definition) is 2. The van der Waals surface area contributed by atoms with Crippen LogP contribution in [0.1, 0.15) is 78.0 Å². The van der Waals surface area contributed by atoms with Crippen LogP contribution in [-0.2, 0) is 17.8 Å². The molecule has 2 saturated carbocycles. The van der Waals surface area contributed by atoms with Gasteiger partial charge in [0.1, 0.15) is 0 Å². The molecule has 5 nitrogen and oxygen atoms in total. The highest BCUT2D eigenvalue weighted by molar-refractivity contribution is 5.94. The second-order valence-corrected chi connectivity index (χ2v) is 9.61. The molecule has 32 heavy (non-hydrogen) atoms. The molecule has 3 aliphatic carbocycles. The summed E-state index contributed by atoms with van der Waals surface area (Å²) >= 11 is 0. The molecule has 0 heterocycles. The van der Waals surface area contributed by atoms with Gasteiger partial charge >= 0.3 is 0 Å². The molecule has 2 fully saturated rings. The lowest BCUT2D eigenvalue weighted by molar-refractivity contribution is -0.122. The fourth-order valence-corrected chi connectivity index (χ4v) is 4.74. The van der Waals surface area contributed by atoms with Crippen LogP contribution in [0.3, 0.4) is 0 Å². The Kier molecular flexibility index (Phi) is 6.26. The fraction of sp³-hybridized carbons (Fsp3) is 0.481. The average Bonchev–Trinajstić information content (AvgIpc) is 3.72. The molecule has 1 unspecified atom stereocenters. The first kappa shape index (κ1) is 21.2. The van der Waals surface area contributed by atoms with Crippen molar-refractivity contribution in [3.05, 3.63) is 70.8 Å². The number of nitrogens with zero attached hydrogens (tertiary/aromatic N) is 1. The van der Waals surface area contributed by atoms with Crippen LogP contribution in [0.15, 0.2) is 48.5 Å². The number of carbonyl (C=O) groups excluding carboxylic acids is 2. The summed E-state index contributed by atoms with van der Waals surface area (Å²) in [6.45, 7) is 1.60. The van der Waals surface area contributed by atoms with E-state index >= 15 is 0 Å². The minimum absolute atomic E-state index is 0.0269. The summed E-state index contributed by atoms with van der Waals surface area (Å²) in [6.07, 6.45) is 8.40. The molecule has 3 aliphatic rings. The maximum Gasteiger partial charge on any atom is 0.251 e. The first-order chi connectivity index (χ1) is 15.7. The predicted octanol–water partition coefficient (Wildman–Crippen LogP) is 4.13. The number of carbonyl (C=O) groups is 2. The summed E-state index contributed by atoms with van der Waals surface area (Å²) < 4.78 is 0. The Hall–Kier alpha value is -2.66. The fourth-order valence-electron chi connectivity index (χ4n) is 4.74. The molecule has 168 valence electrons. The van der Waals surface area contributed by atoms with E-state index in [2.05, 4.69) is 51.9 Å². The topological polar surface area (TPSA) is 61.4 Å². The molecule has 0 aromatic heterocycles. The van der Waals surface area contributed by atoms with Crippen molar-refractivity contribution < 1.29 is 9.59 Å². The molecular weight excluding hydrogens is 398 g/mol. The third kappa shape index (κ3) is 5.39. The van der Waals surface area contributed by atoms with Gasteiger partial charge in [0.15, 0.2) is 0 Å². The number of aryl methyl sites for hydroxylation is 1. The normalized spacial score (nSPS) is 20.0. The second-order valence-electron chi connectivity index (χ2n) is 9.61. The number of amides is 2. The Labute approximate surface area is 190 Å². The summed E-state index contributed by atoms with van der Waals surface area (Å²) in [5.74, 6) is 0.170. The highest BCUT2D eigenvalue weighted by Gasteiger charge is 2.30. The van der Waals surface area contributed by atoms with E-state index in [0.717, 1.165) is 50.8 Å². The van der Waals surface area contributed by atoms with Crippen molar-refractivity contribution in [1.82, 2.24) is 15.5 Å². The Morgan fingerprint density at radius 3 is 2.44 bits per heavy atom. The van der Waals surface area contributed by atoms with Gasteiger partial charge in [-0.25, -0.2) is 0 Å². The van der Waals surface area contributed by atoms with Crippen molar-refractivity contribution in [1.29, 1.82) is 0 Å². The molecule has 0 radical (unpaired) electrons. The molecule has 2 N–H and O–H groups in total. The third-order valence-corrected chi connectivity index (χ3v) is 6.91. The highest BCUT2D eigenvalue weighted by Crippen LogP contribution is 2.30. The van der Waals surface area contributed by atoms with E-state index in [1.807, 2.05) is 12.1 Å². The molecule has 0 aliphatic heterocycles. The molecule has 0 bridgehead atoms. The zero-order chi connectivity index (χ0) is 21.9. The van der Waals surface area contributed by atoms with Crippen LogP contribution in [0, 0.1) is 0 Å². The molecule has 0 spiro atoms. The van der Waals surface area contributed by atoms with Crippen molar-refractivity contribution in [2.45, 2.75) is 76.0 Å². The van der Waals surface area contributed by atoms with Crippen molar-refractivity contribution >= 4 is 11.8 Å². The van der Waals surface area contributed by atoms with Crippen LogP contribution in [-0.4, -0.2) is 35.3 Å². The molecule has 2 amide bonds. The maximum atomic E-state index is 12.8. The summed E-state index contributed by atoms with van der Waals surface area (Å²) in [6, 6.07) is 17.5. The van der Waals surface area contributed by atoms with E-state index in [4.69, 9.17) is 0 Å². The molecular formula is C27H33N3O2. The van der Waals surface area contributed by atoms with Gasteiger partial charge in [-0.15, -0.1) is 0 Å². The summed E-state index contributed by atoms with van der Waals surface area (Å²) in [7, 11) is 0. The monoisotopic (exact) mass is 431 g/mol. The Balaban J connectivity index is 1.13. The summed E-state index contributed by atoms with van der Waals surface area (Å²) in [5, 5.41) is 6.32. The molecule has 5 rings (SSSR count). The van der Waals surface area contributed by atoms with Gasteiger partial charge < -0.3 is 10.6 Å². The zero-order valence-corrected chi connectivity index (χ0v) is 18.7. The van der Waals surface area contributed by atoms with Gasteiger partial charge in [0, 0.05) is 37.2 Å². The standard InChI is InChI=1S/C27H33N3O2/c31-26(29-25-7-3-5-20-4-1-2-6-24(20)25)16-17-30(23-14-15-23)18-19-8-10-21(11-9-19)27(32)28-22-12-13-22/h1-2,4,6,8-11,22-23,25H,3,5,7,12-18H2,(H,28,32)(H,29,31). The van der Waals surface area contributed by atoms with Gasteiger partial charge in [0.2, 0.25) is 5.91 Å². The van der Waals surface area contributed by atoms with Crippen molar-refractivity contribution in [3.63, 3.8) is 0 Å². The van der Waals surface area contributed by atoms with Crippen LogP contribution in [0.25, 0.3) is 0 Å². The van der Waals surface area contributed by atoms with Crippen molar-refractivity contribution in [2.75, 3.05) is 6.54 Å². The SMILES string of the molecule is O=C(CCN(Cc1ccc(C(=O)NC2CC2)cc1)C1CC1)NC1CCCc2ccccc21. The minimum Gasteiger partial charge on any atom is -0.349 e. The molecule has 1 atom stereocenters. The number of hydrogen-bond acceptors (Lipinski definition) is 3. The van der Waals surface area contributed by atoms with Gasteiger partial charge in [-0.3, -0.25) is 14.5 Å². The van der Waals surface area contributed by atoms with E-state index in [9.17, 15) is 9.59 Å². The van der Waals surface area contributed by atoms with E-state index in [0.29, 0.717) is 18.5 Å². The van der Waals surface area contributed by atoms with Gasteiger partial charge in [-0.2, -0.15) is 0 Å². The predicted molar refractivity (Wildman–Crippen MR) is 125 cm³/mol. The van der Waals surface area contributed by atoms with Crippen LogP contribution < -0.4 is 10.6 Å². The largest absolute Gasteiger partial charge is 0.349 e. The molecule has 5 heteroatoms. The Bertz CT molecular complexity index is 963. The van der Waals surface area contributed by atoms with Crippen LogP contribution >= 0.6 is 0 Å². The van der Waals surface area contributed by atoms with Gasteiger partial charge in [-0.1, -0.05) is 36.4 Å². The van der Waals surface area contributed by atoms with Gasteiger partial charge in [0.25, 0.3) is 5.91 Å². The van der Waals surface area contributed by atoms with E-state index in [1.54, 1.807) is 0 Å². The van der Waals surface area contributed by atoms with E-state index < -0.39 is 0 Å². The molecule has 2 aromatic rings. The Morgan fingerprint density at radius 2 is 1.69 bits per heavy atom. The lowest BCUT2D eigenvalue weighted by Crippen LogP contribution is -2.35. The van der Waals surface area contributed by atoms with Crippen LogP contribution in [0.2, 0.25) is 0 Å². The van der Waals surface area contributed by atoms with Gasteiger partial charge in [0.05, 0.1) is 6.04 Å². The first-order valence-corrected chi connectivity index (χ1v) is 12.2. The molecule has 0 saturated heterocycles. The zero-order valence-electron chi connectivity index (χ0n) is 18.7. The van der Waals surface area contributed by atoms with E-state index in [-0.39, 0.29) is 17.9 Å². The quantitative estimate of drug-likeness (QED) is 0.628. The number of rotatable bonds is 9. The summed E-state index contributed by atoms with van der Waals surface area (Å²) in [4.78, 5) is 27.4. The van der Waals surface area contributed by atoms with Crippen molar-refractivity contribution in [2.24, 2.45) is 0 Å². The lowest BCUT2D eigenvalue weighted by Gasteiger charge is -2.27. The molecule has 2 aromatic carbocycles. The third-order valence-electron chi connectivity index (χ3n) is 6.91. The average molecular weight is 432 g/mol. The van der Waals surface area contributed by atoms with Crippen molar-refractivity contribution in [3.8, 4) is 0 Å². The summed E-state index contributed by atoms with van der Waals surface area (Å²) in [5.41, 5.74) is 4.59. The second kappa shape index (κ2) is 9.45. The van der Waals surface area contributed by atoms with Crippen LogP contribution in [0.5, 0.6) is 0 Å². The lowest BCUT2D eigenvalue weighted by atomic mass is 9.87. The maximum absolute atomic E-state index is 12.8. The Morgan fingerprint density at radius 1 is 0.906 bits per heavy atom. The minimum atomic E-state index is 0.0269.